The van der Waals surface area contributed by atoms with Crippen molar-refractivity contribution >= 4 is 11.6 Å². The summed E-state index contributed by atoms with van der Waals surface area (Å²) in [6, 6.07) is 0. The minimum Gasteiger partial charge on any atom is -0.387 e. The molecule has 1 spiro atoms. The van der Waals surface area contributed by atoms with Crippen LogP contribution in [0.15, 0.2) is 17.2 Å². The van der Waals surface area contributed by atoms with E-state index in [0.717, 1.165) is 38.8 Å². The van der Waals surface area contributed by atoms with E-state index in [1.54, 1.807) is 0 Å². The van der Waals surface area contributed by atoms with E-state index in [0.29, 0.717) is 13.0 Å². The summed E-state index contributed by atoms with van der Waals surface area (Å²) in [4.78, 5) is 18.1. The van der Waals surface area contributed by atoms with Crippen molar-refractivity contribution in [1.82, 2.24) is 14.5 Å². The van der Waals surface area contributed by atoms with Gasteiger partial charge in [-0.05, 0) is 26.3 Å². The molecule has 0 aromatic carbocycles. The minimum absolute atomic E-state index is 0.102. The first-order valence-corrected chi connectivity index (χ1v) is 7.95. The van der Waals surface area contributed by atoms with Crippen molar-refractivity contribution in [2.24, 2.45) is 5.41 Å². The van der Waals surface area contributed by atoms with Crippen LogP contribution < -0.4 is 5.56 Å². The van der Waals surface area contributed by atoms with Crippen LogP contribution in [-0.2, 0) is 6.54 Å². The van der Waals surface area contributed by atoms with Gasteiger partial charge in [0.25, 0.3) is 5.56 Å². The Morgan fingerprint density at radius 3 is 2.81 bits per heavy atom. The standard InChI is InChI=1S/C15H22ClN3O2/c1-18-7-6-15(21,14(10-18)4-2-3-5-14)11-19-9-12(16)17-8-13(19)20/h8-9,21H,2-7,10-11H2,1H3. The zero-order valence-corrected chi connectivity index (χ0v) is 13.1. The van der Waals surface area contributed by atoms with Crippen molar-refractivity contribution in [3.05, 3.63) is 27.9 Å². The van der Waals surface area contributed by atoms with Gasteiger partial charge in [0, 0.05) is 24.7 Å². The highest BCUT2D eigenvalue weighted by Crippen LogP contribution is 2.51. The van der Waals surface area contributed by atoms with Gasteiger partial charge >= 0.3 is 0 Å². The summed E-state index contributed by atoms with van der Waals surface area (Å²) in [5.74, 6) is 0. The van der Waals surface area contributed by atoms with Crippen molar-refractivity contribution < 1.29 is 5.11 Å². The average molecular weight is 312 g/mol. The molecule has 2 fully saturated rings. The van der Waals surface area contributed by atoms with E-state index in [4.69, 9.17) is 11.6 Å². The van der Waals surface area contributed by atoms with Gasteiger partial charge in [-0.1, -0.05) is 24.4 Å². The van der Waals surface area contributed by atoms with E-state index in [-0.39, 0.29) is 16.1 Å². The van der Waals surface area contributed by atoms with E-state index in [2.05, 4.69) is 16.9 Å². The number of piperidine rings is 1. The number of hydrogen-bond donors (Lipinski definition) is 1. The van der Waals surface area contributed by atoms with Gasteiger partial charge in [0.1, 0.15) is 5.15 Å². The number of nitrogens with zero attached hydrogens (tertiary/aromatic N) is 3. The maximum Gasteiger partial charge on any atom is 0.269 e. The Balaban J connectivity index is 1.94. The Kier molecular flexibility index (Phi) is 3.84. The van der Waals surface area contributed by atoms with Gasteiger partial charge < -0.3 is 14.6 Å². The Labute approximate surface area is 129 Å². The maximum atomic E-state index is 12.0. The predicted molar refractivity (Wildman–Crippen MR) is 81.5 cm³/mol. The second-order valence-corrected chi connectivity index (χ2v) is 7.07. The molecule has 3 rings (SSSR count). The van der Waals surface area contributed by atoms with Gasteiger partial charge in [-0.3, -0.25) is 4.79 Å². The van der Waals surface area contributed by atoms with E-state index in [1.807, 2.05) is 0 Å². The van der Waals surface area contributed by atoms with Crippen molar-refractivity contribution in [3.63, 3.8) is 0 Å². The fourth-order valence-corrected chi connectivity index (χ4v) is 4.29. The van der Waals surface area contributed by atoms with Gasteiger partial charge in [-0.25, -0.2) is 4.98 Å². The third-order valence-corrected chi connectivity index (χ3v) is 5.50. The number of aliphatic hydroxyl groups is 1. The first-order valence-electron chi connectivity index (χ1n) is 7.57. The molecule has 1 aliphatic heterocycles. The summed E-state index contributed by atoms with van der Waals surface area (Å²) in [7, 11) is 2.11. The van der Waals surface area contributed by atoms with Gasteiger partial charge in [0.2, 0.25) is 0 Å². The van der Waals surface area contributed by atoms with E-state index in [1.165, 1.54) is 17.0 Å². The molecule has 1 saturated carbocycles. The lowest BCUT2D eigenvalue weighted by Gasteiger charge is -2.51. The third kappa shape index (κ3) is 2.62. The van der Waals surface area contributed by atoms with Crippen molar-refractivity contribution in [3.8, 4) is 0 Å². The Bertz CT molecular complexity index is 583. The summed E-state index contributed by atoms with van der Waals surface area (Å²) < 4.78 is 1.51. The van der Waals surface area contributed by atoms with Gasteiger partial charge in [-0.15, -0.1) is 0 Å². The van der Waals surface area contributed by atoms with Crippen LogP contribution in [0.5, 0.6) is 0 Å². The normalized spacial score (nSPS) is 29.1. The molecule has 1 aromatic rings. The van der Waals surface area contributed by atoms with Crippen LogP contribution in [0, 0.1) is 5.41 Å². The topological polar surface area (TPSA) is 58.4 Å². The Morgan fingerprint density at radius 1 is 1.38 bits per heavy atom. The van der Waals surface area contributed by atoms with Crippen molar-refractivity contribution in [2.45, 2.75) is 44.2 Å². The zero-order valence-electron chi connectivity index (χ0n) is 12.4. The monoisotopic (exact) mass is 311 g/mol. The summed E-state index contributed by atoms with van der Waals surface area (Å²) in [5, 5.41) is 11.6. The van der Waals surface area contributed by atoms with E-state index < -0.39 is 5.60 Å². The van der Waals surface area contributed by atoms with Crippen LogP contribution in [0.1, 0.15) is 32.1 Å². The lowest BCUT2D eigenvalue weighted by Crippen LogP contribution is -2.60. The largest absolute Gasteiger partial charge is 0.387 e. The first-order chi connectivity index (χ1) is 9.94. The molecule has 0 amide bonds. The summed E-state index contributed by atoms with van der Waals surface area (Å²) in [6.45, 7) is 2.06. The molecule has 6 heteroatoms. The summed E-state index contributed by atoms with van der Waals surface area (Å²) >= 11 is 5.89. The number of halogens is 1. The molecule has 2 heterocycles. The number of aromatic nitrogens is 2. The van der Waals surface area contributed by atoms with E-state index in [9.17, 15) is 9.90 Å². The Morgan fingerprint density at radius 2 is 2.10 bits per heavy atom. The van der Waals surface area contributed by atoms with Crippen LogP contribution in [-0.4, -0.2) is 45.3 Å². The highest BCUT2D eigenvalue weighted by atomic mass is 35.5. The number of hydrogen-bond acceptors (Lipinski definition) is 4. The summed E-state index contributed by atoms with van der Waals surface area (Å²) in [5.41, 5.74) is -1.15. The third-order valence-electron chi connectivity index (χ3n) is 5.30. The van der Waals surface area contributed by atoms with Crippen LogP contribution >= 0.6 is 11.6 Å². The van der Waals surface area contributed by atoms with Gasteiger partial charge in [-0.2, -0.15) is 0 Å². The molecule has 1 saturated heterocycles. The SMILES string of the molecule is CN1CCC(O)(Cn2cc(Cl)ncc2=O)C2(CCCC2)C1. The molecular formula is C15H22ClN3O2. The molecule has 116 valence electrons. The quantitative estimate of drug-likeness (QED) is 0.900. The lowest BCUT2D eigenvalue weighted by atomic mass is 9.66. The predicted octanol–water partition coefficient (Wildman–Crippen LogP) is 1.52. The maximum absolute atomic E-state index is 12.0. The van der Waals surface area contributed by atoms with Crippen molar-refractivity contribution in [1.29, 1.82) is 0 Å². The van der Waals surface area contributed by atoms with Crippen LogP contribution in [0.4, 0.5) is 0 Å². The van der Waals surface area contributed by atoms with Crippen LogP contribution in [0.2, 0.25) is 5.15 Å². The molecule has 5 nitrogen and oxygen atoms in total. The molecule has 2 aliphatic rings. The smallest absolute Gasteiger partial charge is 0.269 e. The van der Waals surface area contributed by atoms with Crippen LogP contribution in [0.25, 0.3) is 0 Å². The molecule has 1 unspecified atom stereocenters. The molecule has 1 aromatic heterocycles. The average Bonchev–Trinajstić information content (AvgIpc) is 2.89. The number of rotatable bonds is 2. The molecule has 21 heavy (non-hydrogen) atoms. The Hall–Kier alpha value is -0.910. The second kappa shape index (κ2) is 5.38. The van der Waals surface area contributed by atoms with E-state index >= 15 is 0 Å². The highest BCUT2D eigenvalue weighted by Gasteiger charge is 2.54. The molecule has 1 aliphatic carbocycles. The molecular weight excluding hydrogens is 290 g/mol. The van der Waals surface area contributed by atoms with Gasteiger partial charge in [0.15, 0.2) is 0 Å². The number of likely N-dealkylation sites (tertiary alicyclic amines) is 1. The minimum atomic E-state index is -0.843. The summed E-state index contributed by atoms with van der Waals surface area (Å²) in [6.07, 6.45) is 7.81. The fraction of sp³-hybridized carbons (Fsp3) is 0.733. The zero-order chi connectivity index (χ0) is 15.1. The molecule has 0 radical (unpaired) electrons. The van der Waals surface area contributed by atoms with Crippen LogP contribution in [0.3, 0.4) is 0 Å². The highest BCUT2D eigenvalue weighted by molar-refractivity contribution is 6.29. The molecule has 0 bridgehead atoms. The molecule has 1 atom stereocenters. The fourth-order valence-electron chi connectivity index (χ4n) is 4.13. The first kappa shape index (κ1) is 15.0. The van der Waals surface area contributed by atoms with Gasteiger partial charge in [0.05, 0.1) is 18.3 Å². The second-order valence-electron chi connectivity index (χ2n) is 6.68. The molecule has 1 N–H and O–H groups in total. The lowest BCUT2D eigenvalue weighted by molar-refractivity contribution is -0.139. The van der Waals surface area contributed by atoms with Crippen molar-refractivity contribution in [2.75, 3.05) is 20.1 Å².